The molecule has 10 heavy (non-hydrogen) atoms. The summed E-state index contributed by atoms with van der Waals surface area (Å²) in [4.78, 5) is 0. The molecular formula is C8H13NS. The third-order valence-corrected chi connectivity index (χ3v) is 2.18. The third-order valence-electron chi connectivity index (χ3n) is 1.35. The second-order valence-corrected chi connectivity index (χ2v) is 3.21. The van der Waals surface area contributed by atoms with Crippen LogP contribution in [0, 0.1) is 0 Å². The fourth-order valence-electron chi connectivity index (χ4n) is 0.768. The van der Waals surface area contributed by atoms with Gasteiger partial charge in [-0.3, -0.25) is 0 Å². The quantitative estimate of drug-likeness (QED) is 0.659. The fraction of sp³-hybridized carbons (Fsp3) is 0.500. The molecular weight excluding hydrogens is 142 g/mol. The molecule has 56 valence electrons. The Kier molecular flexibility index (Phi) is 3.30. The summed E-state index contributed by atoms with van der Waals surface area (Å²) in [6, 6.07) is 4.18. The summed E-state index contributed by atoms with van der Waals surface area (Å²) < 4.78 is 0. The van der Waals surface area contributed by atoms with Gasteiger partial charge in [-0.05, 0) is 23.9 Å². The maximum Gasteiger partial charge on any atom is 0.0882 e. The molecule has 0 fully saturated rings. The van der Waals surface area contributed by atoms with Crippen LogP contribution >= 0.6 is 11.3 Å². The molecule has 0 aromatic carbocycles. The van der Waals surface area contributed by atoms with Gasteiger partial charge in [0.1, 0.15) is 0 Å². The van der Waals surface area contributed by atoms with Gasteiger partial charge in [-0.2, -0.15) is 0 Å². The molecule has 1 N–H and O–H groups in total. The van der Waals surface area contributed by atoms with E-state index in [-0.39, 0.29) is 0 Å². The van der Waals surface area contributed by atoms with Gasteiger partial charge in [0.2, 0.25) is 0 Å². The van der Waals surface area contributed by atoms with Crippen molar-refractivity contribution in [2.24, 2.45) is 0 Å². The number of hydrogen-bond acceptors (Lipinski definition) is 2. The van der Waals surface area contributed by atoms with Gasteiger partial charge in [-0.15, -0.1) is 11.3 Å². The van der Waals surface area contributed by atoms with Crippen molar-refractivity contribution in [1.29, 1.82) is 0 Å². The van der Waals surface area contributed by atoms with Crippen molar-refractivity contribution in [2.75, 3.05) is 11.9 Å². The van der Waals surface area contributed by atoms with E-state index in [9.17, 15) is 0 Å². The zero-order valence-corrected chi connectivity index (χ0v) is 7.08. The average molecular weight is 155 g/mol. The molecule has 0 spiro atoms. The van der Waals surface area contributed by atoms with Crippen molar-refractivity contribution in [3.05, 3.63) is 17.5 Å². The first-order chi connectivity index (χ1) is 4.93. The van der Waals surface area contributed by atoms with Crippen molar-refractivity contribution in [3.63, 3.8) is 0 Å². The van der Waals surface area contributed by atoms with E-state index in [1.807, 2.05) is 0 Å². The molecule has 2 heteroatoms. The van der Waals surface area contributed by atoms with Gasteiger partial charge in [0.05, 0.1) is 5.00 Å². The molecule has 0 amide bonds. The van der Waals surface area contributed by atoms with Gasteiger partial charge in [0, 0.05) is 6.54 Å². The SMILES string of the molecule is CCCCNc1cccs1. The monoisotopic (exact) mass is 155 g/mol. The predicted octanol–water partition coefficient (Wildman–Crippen LogP) is 2.96. The van der Waals surface area contributed by atoms with E-state index in [1.165, 1.54) is 17.8 Å². The Morgan fingerprint density at radius 3 is 3.10 bits per heavy atom. The molecule has 0 unspecified atom stereocenters. The lowest BCUT2D eigenvalue weighted by atomic mass is 10.3. The van der Waals surface area contributed by atoms with Gasteiger partial charge in [0.15, 0.2) is 0 Å². The maximum absolute atomic E-state index is 3.34. The summed E-state index contributed by atoms with van der Waals surface area (Å²) >= 11 is 1.76. The van der Waals surface area contributed by atoms with Crippen LogP contribution in [-0.4, -0.2) is 6.54 Å². The van der Waals surface area contributed by atoms with E-state index in [2.05, 4.69) is 29.8 Å². The zero-order chi connectivity index (χ0) is 7.23. The molecule has 1 aromatic heterocycles. The van der Waals surface area contributed by atoms with Crippen molar-refractivity contribution >= 4 is 16.3 Å². The normalized spacial score (nSPS) is 9.70. The second-order valence-electron chi connectivity index (χ2n) is 2.26. The molecule has 1 nitrogen and oxygen atoms in total. The molecule has 1 rings (SSSR count). The van der Waals surface area contributed by atoms with Crippen molar-refractivity contribution < 1.29 is 0 Å². The minimum Gasteiger partial charge on any atom is -0.377 e. The van der Waals surface area contributed by atoms with Crippen LogP contribution in [0.3, 0.4) is 0 Å². The van der Waals surface area contributed by atoms with Crippen LogP contribution in [0.15, 0.2) is 17.5 Å². The number of hydrogen-bond donors (Lipinski definition) is 1. The Labute approximate surface area is 66.1 Å². The van der Waals surface area contributed by atoms with Gasteiger partial charge in [0.25, 0.3) is 0 Å². The average Bonchev–Trinajstić information content (AvgIpc) is 2.41. The first-order valence-corrected chi connectivity index (χ1v) is 4.59. The van der Waals surface area contributed by atoms with E-state index in [4.69, 9.17) is 0 Å². The van der Waals surface area contributed by atoms with Crippen LogP contribution in [-0.2, 0) is 0 Å². The molecule has 0 aliphatic heterocycles. The molecule has 0 atom stereocenters. The van der Waals surface area contributed by atoms with Crippen molar-refractivity contribution in [1.82, 2.24) is 0 Å². The molecule has 0 saturated carbocycles. The summed E-state index contributed by atoms with van der Waals surface area (Å²) in [5.41, 5.74) is 0. The van der Waals surface area contributed by atoms with E-state index in [0.717, 1.165) is 6.54 Å². The summed E-state index contributed by atoms with van der Waals surface area (Å²) in [5.74, 6) is 0. The molecule has 0 radical (unpaired) electrons. The van der Waals surface area contributed by atoms with Crippen LogP contribution in [0.1, 0.15) is 19.8 Å². The lowest BCUT2D eigenvalue weighted by Gasteiger charge is -1.99. The molecule has 0 aliphatic carbocycles. The smallest absolute Gasteiger partial charge is 0.0882 e. The third kappa shape index (κ3) is 2.40. The number of anilines is 1. The topological polar surface area (TPSA) is 12.0 Å². The van der Waals surface area contributed by atoms with Crippen LogP contribution in [0.4, 0.5) is 5.00 Å². The Balaban J connectivity index is 2.15. The maximum atomic E-state index is 3.34. The highest BCUT2D eigenvalue weighted by Gasteiger charge is 1.88. The van der Waals surface area contributed by atoms with Crippen molar-refractivity contribution in [2.45, 2.75) is 19.8 Å². The molecule has 0 bridgehead atoms. The van der Waals surface area contributed by atoms with E-state index < -0.39 is 0 Å². The highest BCUT2D eigenvalue weighted by molar-refractivity contribution is 7.14. The lowest BCUT2D eigenvalue weighted by Crippen LogP contribution is -1.97. The van der Waals surface area contributed by atoms with Gasteiger partial charge in [-0.25, -0.2) is 0 Å². The lowest BCUT2D eigenvalue weighted by molar-refractivity contribution is 0.836. The van der Waals surface area contributed by atoms with Crippen LogP contribution in [0.5, 0.6) is 0 Å². The Morgan fingerprint density at radius 1 is 1.60 bits per heavy atom. The van der Waals surface area contributed by atoms with Crippen LogP contribution < -0.4 is 5.32 Å². The van der Waals surface area contributed by atoms with Crippen LogP contribution in [0.25, 0.3) is 0 Å². The van der Waals surface area contributed by atoms with E-state index in [0.29, 0.717) is 0 Å². The Hall–Kier alpha value is -0.500. The largest absolute Gasteiger partial charge is 0.377 e. The first kappa shape index (κ1) is 7.61. The van der Waals surface area contributed by atoms with Crippen LogP contribution in [0.2, 0.25) is 0 Å². The Bertz CT molecular complexity index is 158. The first-order valence-electron chi connectivity index (χ1n) is 3.71. The molecule has 0 aliphatic rings. The molecule has 1 heterocycles. The minimum atomic E-state index is 1.11. The van der Waals surface area contributed by atoms with Gasteiger partial charge >= 0.3 is 0 Å². The van der Waals surface area contributed by atoms with E-state index >= 15 is 0 Å². The minimum absolute atomic E-state index is 1.11. The summed E-state index contributed by atoms with van der Waals surface area (Å²) in [5, 5.41) is 6.72. The highest BCUT2D eigenvalue weighted by Crippen LogP contribution is 2.14. The highest BCUT2D eigenvalue weighted by atomic mass is 32.1. The summed E-state index contributed by atoms with van der Waals surface area (Å²) in [6.45, 7) is 3.31. The number of thiophene rings is 1. The number of nitrogens with one attached hydrogen (secondary N) is 1. The fourth-order valence-corrected chi connectivity index (χ4v) is 1.41. The van der Waals surface area contributed by atoms with Crippen molar-refractivity contribution in [3.8, 4) is 0 Å². The predicted molar refractivity (Wildman–Crippen MR) is 47.7 cm³/mol. The Morgan fingerprint density at radius 2 is 2.50 bits per heavy atom. The van der Waals surface area contributed by atoms with Gasteiger partial charge in [-0.1, -0.05) is 13.3 Å². The standard InChI is InChI=1S/C8H13NS/c1-2-3-6-9-8-5-4-7-10-8/h4-5,7,9H,2-3,6H2,1H3. The second kappa shape index (κ2) is 4.34. The number of rotatable bonds is 4. The molecule has 1 aromatic rings. The summed E-state index contributed by atoms with van der Waals surface area (Å²) in [6.07, 6.45) is 2.52. The van der Waals surface area contributed by atoms with E-state index in [1.54, 1.807) is 11.3 Å². The van der Waals surface area contributed by atoms with Gasteiger partial charge < -0.3 is 5.32 Å². The number of unbranched alkanes of at least 4 members (excludes halogenated alkanes) is 1. The zero-order valence-electron chi connectivity index (χ0n) is 6.26. The summed E-state index contributed by atoms with van der Waals surface area (Å²) in [7, 11) is 0. The molecule has 0 saturated heterocycles.